The van der Waals surface area contributed by atoms with Gasteiger partial charge in [-0.2, -0.15) is 0 Å². The zero-order valence-corrected chi connectivity index (χ0v) is 9.88. The lowest BCUT2D eigenvalue weighted by Crippen LogP contribution is -2.36. The minimum absolute atomic E-state index is 0.472. The molecular formula is C13H15N5. The molecule has 0 atom stereocenters. The minimum atomic E-state index is 0.472. The van der Waals surface area contributed by atoms with Crippen molar-refractivity contribution in [2.75, 3.05) is 5.32 Å². The lowest BCUT2D eigenvalue weighted by Gasteiger charge is -2.08. The second-order valence-corrected chi connectivity index (χ2v) is 3.62. The fraction of sp³-hybridized carbons (Fsp3) is 0.0769. The summed E-state index contributed by atoms with van der Waals surface area (Å²) < 4.78 is 0. The maximum atomic E-state index is 5.42. The second kappa shape index (κ2) is 6.36. The van der Waals surface area contributed by atoms with Gasteiger partial charge in [0.15, 0.2) is 0 Å². The summed E-state index contributed by atoms with van der Waals surface area (Å²) in [5.74, 6) is 5.93. The number of pyridine rings is 1. The number of aliphatic imine (C=N–C) groups is 1. The SMILES string of the molecule is NNC(=NCc1ccccn1)Nc1ccccc1. The van der Waals surface area contributed by atoms with E-state index in [0.717, 1.165) is 11.4 Å². The van der Waals surface area contributed by atoms with Crippen LogP contribution in [0.4, 0.5) is 5.69 Å². The molecule has 0 spiro atoms. The number of rotatable bonds is 3. The highest BCUT2D eigenvalue weighted by Gasteiger charge is 1.97. The van der Waals surface area contributed by atoms with Crippen molar-refractivity contribution < 1.29 is 0 Å². The van der Waals surface area contributed by atoms with E-state index in [2.05, 4.69) is 20.7 Å². The number of para-hydroxylation sites is 1. The number of hydrazine groups is 1. The lowest BCUT2D eigenvalue weighted by atomic mass is 10.3. The van der Waals surface area contributed by atoms with Crippen LogP contribution in [0.2, 0.25) is 0 Å². The highest BCUT2D eigenvalue weighted by atomic mass is 15.3. The number of hydrogen-bond donors (Lipinski definition) is 3. The highest BCUT2D eigenvalue weighted by Crippen LogP contribution is 2.04. The first kappa shape index (κ1) is 12.1. The molecule has 5 heteroatoms. The quantitative estimate of drug-likeness (QED) is 0.329. The molecular weight excluding hydrogens is 226 g/mol. The standard InChI is InChI=1S/C13H15N5/c14-18-13(17-11-6-2-1-3-7-11)16-10-12-8-4-5-9-15-12/h1-9H,10,14H2,(H2,16,17,18). The zero-order chi connectivity index (χ0) is 12.6. The van der Waals surface area contributed by atoms with Crippen LogP contribution in [-0.2, 0) is 6.54 Å². The van der Waals surface area contributed by atoms with Crippen molar-refractivity contribution >= 4 is 11.6 Å². The summed E-state index contributed by atoms with van der Waals surface area (Å²) in [6, 6.07) is 15.4. The van der Waals surface area contributed by atoms with Crippen LogP contribution in [0.3, 0.4) is 0 Å². The Morgan fingerprint density at radius 1 is 1.11 bits per heavy atom. The molecule has 0 saturated heterocycles. The van der Waals surface area contributed by atoms with Crippen LogP contribution in [0, 0.1) is 0 Å². The predicted octanol–water partition coefficient (Wildman–Crippen LogP) is 1.51. The Kier molecular flexibility index (Phi) is 4.27. The number of benzene rings is 1. The Hall–Kier alpha value is -2.40. The Morgan fingerprint density at radius 3 is 2.56 bits per heavy atom. The Balaban J connectivity index is 2.00. The number of nitrogens with zero attached hydrogens (tertiary/aromatic N) is 2. The second-order valence-electron chi connectivity index (χ2n) is 3.62. The smallest absolute Gasteiger partial charge is 0.210 e. The number of aromatic nitrogens is 1. The van der Waals surface area contributed by atoms with E-state index >= 15 is 0 Å². The van der Waals surface area contributed by atoms with Crippen molar-refractivity contribution in [1.29, 1.82) is 0 Å². The van der Waals surface area contributed by atoms with Gasteiger partial charge in [0.05, 0.1) is 12.2 Å². The average Bonchev–Trinajstić information content (AvgIpc) is 2.45. The van der Waals surface area contributed by atoms with Gasteiger partial charge in [0.25, 0.3) is 0 Å². The normalized spacial score (nSPS) is 11.1. The summed E-state index contributed by atoms with van der Waals surface area (Å²) in [6.07, 6.45) is 1.74. The van der Waals surface area contributed by atoms with Crippen molar-refractivity contribution in [3.63, 3.8) is 0 Å². The monoisotopic (exact) mass is 241 g/mol. The molecule has 0 fully saturated rings. The topological polar surface area (TPSA) is 75.3 Å². The largest absolute Gasteiger partial charge is 0.325 e. The highest BCUT2D eigenvalue weighted by molar-refractivity contribution is 5.93. The molecule has 1 heterocycles. The van der Waals surface area contributed by atoms with Gasteiger partial charge >= 0.3 is 0 Å². The molecule has 0 aliphatic carbocycles. The van der Waals surface area contributed by atoms with Crippen molar-refractivity contribution in [3.05, 3.63) is 60.4 Å². The van der Waals surface area contributed by atoms with Gasteiger partial charge in [-0.25, -0.2) is 10.8 Å². The third kappa shape index (κ3) is 3.57. The van der Waals surface area contributed by atoms with Gasteiger partial charge in [-0.3, -0.25) is 10.4 Å². The van der Waals surface area contributed by atoms with Crippen molar-refractivity contribution in [2.45, 2.75) is 6.54 Å². The summed E-state index contributed by atoms with van der Waals surface area (Å²) in [4.78, 5) is 8.50. The number of nitrogens with one attached hydrogen (secondary N) is 2. The molecule has 18 heavy (non-hydrogen) atoms. The fourth-order valence-corrected chi connectivity index (χ4v) is 1.43. The van der Waals surface area contributed by atoms with E-state index in [4.69, 9.17) is 5.84 Å². The molecule has 2 rings (SSSR count). The molecule has 92 valence electrons. The van der Waals surface area contributed by atoms with Crippen LogP contribution in [0.25, 0.3) is 0 Å². The first-order valence-corrected chi connectivity index (χ1v) is 5.61. The van der Waals surface area contributed by atoms with E-state index < -0.39 is 0 Å². The maximum absolute atomic E-state index is 5.42. The van der Waals surface area contributed by atoms with Gasteiger partial charge in [-0.15, -0.1) is 0 Å². The number of anilines is 1. The average molecular weight is 241 g/mol. The molecule has 1 aromatic heterocycles. The van der Waals surface area contributed by atoms with Gasteiger partial charge in [-0.1, -0.05) is 24.3 Å². The van der Waals surface area contributed by atoms with Crippen LogP contribution in [-0.4, -0.2) is 10.9 Å². The lowest BCUT2D eigenvalue weighted by molar-refractivity contribution is 0.940. The van der Waals surface area contributed by atoms with E-state index in [0.29, 0.717) is 12.5 Å². The predicted molar refractivity (Wildman–Crippen MR) is 72.8 cm³/mol. The molecule has 0 aliphatic heterocycles. The summed E-state index contributed by atoms with van der Waals surface area (Å²) in [6.45, 7) is 0.472. The van der Waals surface area contributed by atoms with E-state index in [9.17, 15) is 0 Å². The summed E-state index contributed by atoms with van der Waals surface area (Å²) in [7, 11) is 0. The minimum Gasteiger partial charge on any atom is -0.325 e. The third-order valence-electron chi connectivity index (χ3n) is 2.30. The number of guanidine groups is 1. The van der Waals surface area contributed by atoms with Crippen molar-refractivity contribution in [2.24, 2.45) is 10.8 Å². The van der Waals surface area contributed by atoms with Gasteiger partial charge < -0.3 is 5.32 Å². The summed E-state index contributed by atoms with van der Waals surface area (Å²) >= 11 is 0. The molecule has 0 aliphatic rings. The van der Waals surface area contributed by atoms with Gasteiger partial charge in [0, 0.05) is 11.9 Å². The molecule has 0 amide bonds. The van der Waals surface area contributed by atoms with Crippen molar-refractivity contribution in [3.8, 4) is 0 Å². The van der Waals surface area contributed by atoms with Crippen LogP contribution in [0.1, 0.15) is 5.69 Å². The van der Waals surface area contributed by atoms with E-state index in [1.807, 2.05) is 48.5 Å². The van der Waals surface area contributed by atoms with Crippen molar-refractivity contribution in [1.82, 2.24) is 10.4 Å². The van der Waals surface area contributed by atoms with E-state index in [1.165, 1.54) is 0 Å². The number of hydrogen-bond acceptors (Lipinski definition) is 3. The van der Waals surface area contributed by atoms with Crippen LogP contribution in [0.15, 0.2) is 59.7 Å². The molecule has 0 radical (unpaired) electrons. The molecule has 0 bridgehead atoms. The summed E-state index contributed by atoms with van der Waals surface area (Å²) in [5, 5.41) is 3.09. The number of nitrogens with two attached hydrogens (primary N) is 1. The van der Waals surface area contributed by atoms with Gasteiger partial charge in [-0.05, 0) is 24.3 Å². The molecule has 2 aromatic rings. The third-order valence-corrected chi connectivity index (χ3v) is 2.30. The van der Waals surface area contributed by atoms with Crippen LogP contribution in [0.5, 0.6) is 0 Å². The Bertz CT molecular complexity index is 495. The molecule has 0 unspecified atom stereocenters. The fourth-order valence-electron chi connectivity index (χ4n) is 1.43. The van der Waals surface area contributed by atoms with Crippen LogP contribution < -0.4 is 16.6 Å². The molecule has 4 N–H and O–H groups in total. The first-order valence-electron chi connectivity index (χ1n) is 5.61. The van der Waals surface area contributed by atoms with Gasteiger partial charge in [0.2, 0.25) is 5.96 Å². The van der Waals surface area contributed by atoms with Gasteiger partial charge in [0.1, 0.15) is 0 Å². The molecule has 1 aromatic carbocycles. The van der Waals surface area contributed by atoms with E-state index in [1.54, 1.807) is 6.20 Å². The van der Waals surface area contributed by atoms with Crippen LogP contribution >= 0.6 is 0 Å². The Labute approximate surface area is 106 Å². The Morgan fingerprint density at radius 2 is 1.89 bits per heavy atom. The zero-order valence-electron chi connectivity index (χ0n) is 9.88. The molecule has 5 nitrogen and oxygen atoms in total. The van der Waals surface area contributed by atoms with E-state index in [-0.39, 0.29) is 0 Å². The molecule has 0 saturated carbocycles. The first-order chi connectivity index (χ1) is 8.88. The summed E-state index contributed by atoms with van der Waals surface area (Å²) in [5.41, 5.74) is 4.35. The maximum Gasteiger partial charge on any atom is 0.210 e.